The molecule has 0 fully saturated rings. The number of nitrogens with one attached hydrogen (secondary N) is 1. The van der Waals surface area contributed by atoms with E-state index in [1.54, 1.807) is 24.3 Å². The average Bonchev–Trinajstić information content (AvgIpc) is 3.26. The number of nitrogens with zero attached hydrogens (tertiary/aromatic N) is 2. The van der Waals surface area contributed by atoms with Gasteiger partial charge in [-0.1, -0.05) is 35.5 Å². The first kappa shape index (κ1) is 19.7. The van der Waals surface area contributed by atoms with Crippen LogP contribution in [0, 0.1) is 0 Å². The zero-order valence-electron chi connectivity index (χ0n) is 16.2. The number of fused-ring (bicyclic) bond motifs is 2. The number of thioether (sulfide) groups is 1. The summed E-state index contributed by atoms with van der Waals surface area (Å²) in [6, 6.07) is 20.2. The summed E-state index contributed by atoms with van der Waals surface area (Å²) in [6.07, 6.45) is 0. The minimum atomic E-state index is -0.0105. The van der Waals surface area contributed by atoms with E-state index >= 15 is 0 Å². The summed E-state index contributed by atoms with van der Waals surface area (Å²) in [5, 5.41) is 5.34. The predicted octanol–water partition coefficient (Wildman–Crippen LogP) is 5.73. The van der Waals surface area contributed by atoms with Crippen molar-refractivity contribution < 1.29 is 14.3 Å². The number of para-hydroxylation sites is 1. The van der Waals surface area contributed by atoms with Gasteiger partial charge in [0, 0.05) is 27.7 Å². The Bertz CT molecular complexity index is 1280. The number of carbonyl (C=O) groups is 1. The van der Waals surface area contributed by atoms with Crippen LogP contribution >= 0.6 is 23.4 Å². The molecule has 0 radical (unpaired) electrons. The minimum Gasteiger partial charge on any atom is -0.454 e. The molecule has 1 aliphatic rings. The number of ketones is 1. The number of hydrogen-bond donors (Lipinski definition) is 1. The van der Waals surface area contributed by atoms with Gasteiger partial charge in [0.15, 0.2) is 22.4 Å². The maximum atomic E-state index is 12.5. The van der Waals surface area contributed by atoms with Gasteiger partial charge in [0.25, 0.3) is 0 Å². The third-order valence-electron chi connectivity index (χ3n) is 4.72. The Balaban J connectivity index is 1.40. The molecule has 0 saturated carbocycles. The zero-order chi connectivity index (χ0) is 21.2. The van der Waals surface area contributed by atoms with Gasteiger partial charge < -0.3 is 14.8 Å². The summed E-state index contributed by atoms with van der Waals surface area (Å²) in [7, 11) is 0. The molecule has 1 N–H and O–H groups in total. The van der Waals surface area contributed by atoms with Gasteiger partial charge in [-0.2, -0.15) is 0 Å². The molecule has 3 aromatic carbocycles. The molecule has 4 aromatic rings. The van der Waals surface area contributed by atoms with Crippen molar-refractivity contribution in [2.75, 3.05) is 17.9 Å². The lowest BCUT2D eigenvalue weighted by atomic mass is 10.1. The summed E-state index contributed by atoms with van der Waals surface area (Å²) in [5.41, 5.74) is 2.22. The SMILES string of the molecule is O=C(CSc1nc(Nc2ccc3c(c2)OCO3)c2ccccc2n1)c1ccc(Cl)cc1. The van der Waals surface area contributed by atoms with E-state index in [9.17, 15) is 4.79 Å². The smallest absolute Gasteiger partial charge is 0.231 e. The molecule has 1 aromatic heterocycles. The highest BCUT2D eigenvalue weighted by Gasteiger charge is 2.15. The molecule has 5 rings (SSSR count). The molecular formula is C23H16ClN3O3S. The number of rotatable bonds is 6. The second-order valence-electron chi connectivity index (χ2n) is 6.78. The van der Waals surface area contributed by atoms with Crippen LogP contribution < -0.4 is 14.8 Å². The molecule has 0 unspecified atom stereocenters. The molecule has 2 heterocycles. The standard InChI is InChI=1S/C23H16ClN3O3S/c24-15-7-5-14(6-8-15)19(28)12-31-23-26-18-4-2-1-3-17(18)22(27-23)25-16-9-10-20-21(11-16)30-13-29-20/h1-11H,12-13H2,(H,25,26,27). The molecule has 0 spiro atoms. The average molecular weight is 450 g/mol. The van der Waals surface area contributed by atoms with Crippen molar-refractivity contribution in [3.63, 3.8) is 0 Å². The summed E-state index contributed by atoms with van der Waals surface area (Å²) >= 11 is 7.20. The molecule has 31 heavy (non-hydrogen) atoms. The van der Waals surface area contributed by atoms with Gasteiger partial charge >= 0.3 is 0 Å². The molecule has 0 amide bonds. The van der Waals surface area contributed by atoms with Crippen molar-refractivity contribution in [1.82, 2.24) is 9.97 Å². The number of aromatic nitrogens is 2. The van der Waals surface area contributed by atoms with Crippen LogP contribution in [0.4, 0.5) is 11.5 Å². The topological polar surface area (TPSA) is 73.3 Å². The second kappa shape index (κ2) is 8.45. The van der Waals surface area contributed by atoms with E-state index in [-0.39, 0.29) is 18.3 Å². The first-order valence-electron chi connectivity index (χ1n) is 9.51. The number of hydrogen-bond acceptors (Lipinski definition) is 7. The van der Waals surface area contributed by atoms with Crippen LogP contribution in [0.1, 0.15) is 10.4 Å². The maximum Gasteiger partial charge on any atom is 0.231 e. The molecule has 0 atom stereocenters. The molecular weight excluding hydrogens is 434 g/mol. The Hall–Kier alpha value is -3.29. The van der Waals surface area contributed by atoms with Crippen molar-refractivity contribution in [3.05, 3.63) is 77.3 Å². The monoisotopic (exact) mass is 449 g/mol. The molecule has 0 bridgehead atoms. The number of ether oxygens (including phenoxy) is 2. The first-order valence-corrected chi connectivity index (χ1v) is 10.9. The Kier molecular flexibility index (Phi) is 5.36. The van der Waals surface area contributed by atoms with E-state index in [0.717, 1.165) is 22.3 Å². The zero-order valence-corrected chi connectivity index (χ0v) is 17.7. The van der Waals surface area contributed by atoms with E-state index in [0.29, 0.717) is 27.3 Å². The first-order chi connectivity index (χ1) is 15.2. The van der Waals surface area contributed by atoms with Crippen LogP contribution in [0.2, 0.25) is 5.02 Å². The quantitative estimate of drug-likeness (QED) is 0.229. The molecule has 8 heteroatoms. The van der Waals surface area contributed by atoms with Crippen molar-refractivity contribution in [2.24, 2.45) is 0 Å². The largest absolute Gasteiger partial charge is 0.454 e. The van der Waals surface area contributed by atoms with Crippen LogP contribution in [0.25, 0.3) is 10.9 Å². The molecule has 0 saturated heterocycles. The van der Waals surface area contributed by atoms with E-state index in [4.69, 9.17) is 21.1 Å². The third kappa shape index (κ3) is 4.28. The summed E-state index contributed by atoms with van der Waals surface area (Å²) in [4.78, 5) is 21.8. The van der Waals surface area contributed by atoms with E-state index < -0.39 is 0 Å². The number of benzene rings is 3. The van der Waals surface area contributed by atoms with Crippen LogP contribution in [0.3, 0.4) is 0 Å². The lowest BCUT2D eigenvalue weighted by Gasteiger charge is -2.11. The van der Waals surface area contributed by atoms with Gasteiger partial charge in [0.05, 0.1) is 11.3 Å². The number of Topliss-reactive ketones (excluding diaryl/α,β-unsaturated/α-hetero) is 1. The third-order valence-corrected chi connectivity index (χ3v) is 5.82. The second-order valence-corrected chi connectivity index (χ2v) is 8.16. The normalized spacial score (nSPS) is 12.2. The lowest BCUT2D eigenvalue weighted by Crippen LogP contribution is -2.04. The number of carbonyl (C=O) groups excluding carboxylic acids is 1. The Morgan fingerprint density at radius 3 is 2.68 bits per heavy atom. The van der Waals surface area contributed by atoms with Crippen LogP contribution in [0.5, 0.6) is 11.5 Å². The van der Waals surface area contributed by atoms with Gasteiger partial charge in [0.1, 0.15) is 5.82 Å². The number of anilines is 2. The van der Waals surface area contributed by atoms with Gasteiger partial charge in [-0.25, -0.2) is 9.97 Å². The molecule has 0 aliphatic carbocycles. The molecule has 1 aliphatic heterocycles. The fourth-order valence-electron chi connectivity index (χ4n) is 3.18. The number of halogens is 1. The van der Waals surface area contributed by atoms with E-state index in [1.807, 2.05) is 42.5 Å². The van der Waals surface area contributed by atoms with Crippen molar-refractivity contribution in [2.45, 2.75) is 5.16 Å². The fourth-order valence-corrected chi connectivity index (χ4v) is 4.05. The molecule has 6 nitrogen and oxygen atoms in total. The highest BCUT2D eigenvalue weighted by molar-refractivity contribution is 7.99. The van der Waals surface area contributed by atoms with Crippen molar-refractivity contribution >= 4 is 51.6 Å². The highest BCUT2D eigenvalue weighted by Crippen LogP contribution is 2.36. The van der Waals surface area contributed by atoms with Gasteiger partial charge in [-0.3, -0.25) is 4.79 Å². The Morgan fingerprint density at radius 1 is 1.00 bits per heavy atom. The highest BCUT2D eigenvalue weighted by atomic mass is 35.5. The fraction of sp³-hybridized carbons (Fsp3) is 0.0870. The summed E-state index contributed by atoms with van der Waals surface area (Å²) in [6.45, 7) is 0.220. The van der Waals surface area contributed by atoms with E-state index in [2.05, 4.69) is 15.3 Å². The minimum absolute atomic E-state index is 0.0105. The van der Waals surface area contributed by atoms with Crippen LogP contribution in [0.15, 0.2) is 71.9 Å². The summed E-state index contributed by atoms with van der Waals surface area (Å²) < 4.78 is 10.8. The van der Waals surface area contributed by atoms with Gasteiger partial charge in [-0.05, 0) is 48.5 Å². The summed E-state index contributed by atoms with van der Waals surface area (Å²) in [5.74, 6) is 2.28. The van der Waals surface area contributed by atoms with Gasteiger partial charge in [-0.15, -0.1) is 0 Å². The van der Waals surface area contributed by atoms with Crippen LogP contribution in [-0.4, -0.2) is 28.3 Å². The van der Waals surface area contributed by atoms with Crippen LogP contribution in [-0.2, 0) is 0 Å². The van der Waals surface area contributed by atoms with E-state index in [1.165, 1.54) is 11.8 Å². The van der Waals surface area contributed by atoms with Crippen molar-refractivity contribution in [3.8, 4) is 11.5 Å². The Morgan fingerprint density at radius 2 is 1.81 bits per heavy atom. The predicted molar refractivity (Wildman–Crippen MR) is 122 cm³/mol. The van der Waals surface area contributed by atoms with Gasteiger partial charge in [0.2, 0.25) is 6.79 Å². The Labute approximate surface area is 187 Å². The maximum absolute atomic E-state index is 12.5. The lowest BCUT2D eigenvalue weighted by molar-refractivity contribution is 0.102. The molecule has 154 valence electrons. The van der Waals surface area contributed by atoms with Crippen molar-refractivity contribution in [1.29, 1.82) is 0 Å².